The van der Waals surface area contributed by atoms with Crippen molar-refractivity contribution >= 4 is 0 Å². The van der Waals surface area contributed by atoms with Crippen molar-refractivity contribution in [3.05, 3.63) is 65.2 Å². The lowest BCUT2D eigenvalue weighted by atomic mass is 10.0. The second-order valence-electron chi connectivity index (χ2n) is 4.79. The molecule has 4 heteroatoms. The second kappa shape index (κ2) is 7.18. The van der Waals surface area contributed by atoms with Crippen LogP contribution in [0.3, 0.4) is 0 Å². The highest BCUT2D eigenvalue weighted by molar-refractivity contribution is 5.35. The van der Waals surface area contributed by atoms with E-state index < -0.39 is 12.5 Å². The molecule has 0 bridgehead atoms. The molecule has 0 aliphatic rings. The standard InChI is InChI=1S/C17H18F2O2/c1-2-11-21-15-9-7-13(8-10-15)16(20)12-3-5-14(6-4-12)17(18)19/h3-10,16-17,20H,2,11H2,1H3. The Balaban J connectivity index is 2.10. The molecular weight excluding hydrogens is 274 g/mol. The molecule has 0 fully saturated rings. The van der Waals surface area contributed by atoms with Gasteiger partial charge >= 0.3 is 0 Å². The predicted octanol–water partition coefficient (Wildman–Crippen LogP) is 4.49. The van der Waals surface area contributed by atoms with Crippen molar-refractivity contribution in [3.63, 3.8) is 0 Å². The van der Waals surface area contributed by atoms with Gasteiger partial charge in [0.05, 0.1) is 6.61 Å². The SMILES string of the molecule is CCCOc1ccc(C(O)c2ccc(C(F)F)cc2)cc1. The van der Waals surface area contributed by atoms with Crippen LogP contribution in [0.15, 0.2) is 48.5 Å². The summed E-state index contributed by atoms with van der Waals surface area (Å²) in [5.41, 5.74) is 1.24. The van der Waals surface area contributed by atoms with Crippen LogP contribution in [0.5, 0.6) is 5.75 Å². The second-order valence-corrected chi connectivity index (χ2v) is 4.79. The minimum atomic E-state index is -2.49. The molecule has 0 spiro atoms. The number of hydrogen-bond donors (Lipinski definition) is 1. The van der Waals surface area contributed by atoms with E-state index in [2.05, 4.69) is 0 Å². The summed E-state index contributed by atoms with van der Waals surface area (Å²) in [6.45, 7) is 2.68. The lowest BCUT2D eigenvalue weighted by Gasteiger charge is -2.13. The lowest BCUT2D eigenvalue weighted by Crippen LogP contribution is -2.00. The number of hydrogen-bond acceptors (Lipinski definition) is 2. The van der Waals surface area contributed by atoms with Crippen LogP contribution in [0, 0.1) is 0 Å². The van der Waals surface area contributed by atoms with Gasteiger partial charge in [0.25, 0.3) is 6.43 Å². The van der Waals surface area contributed by atoms with Gasteiger partial charge in [-0.05, 0) is 29.7 Å². The first-order valence-electron chi connectivity index (χ1n) is 6.90. The molecule has 0 saturated carbocycles. The van der Waals surface area contributed by atoms with Gasteiger partial charge in [0.2, 0.25) is 0 Å². The topological polar surface area (TPSA) is 29.5 Å². The normalized spacial score (nSPS) is 12.4. The number of benzene rings is 2. The van der Waals surface area contributed by atoms with Crippen LogP contribution in [-0.4, -0.2) is 11.7 Å². The average molecular weight is 292 g/mol. The molecule has 0 heterocycles. The van der Waals surface area contributed by atoms with E-state index >= 15 is 0 Å². The first kappa shape index (κ1) is 15.4. The molecule has 0 saturated heterocycles. The maximum Gasteiger partial charge on any atom is 0.263 e. The summed E-state index contributed by atoms with van der Waals surface area (Å²) in [7, 11) is 0. The van der Waals surface area contributed by atoms with Crippen molar-refractivity contribution in [2.24, 2.45) is 0 Å². The Bertz CT molecular complexity index is 550. The summed E-state index contributed by atoms with van der Waals surface area (Å²) >= 11 is 0. The third-order valence-electron chi connectivity index (χ3n) is 3.17. The monoisotopic (exact) mass is 292 g/mol. The minimum Gasteiger partial charge on any atom is -0.494 e. The van der Waals surface area contributed by atoms with Gasteiger partial charge in [0.15, 0.2) is 0 Å². The van der Waals surface area contributed by atoms with Gasteiger partial charge in [-0.1, -0.05) is 43.3 Å². The highest BCUT2D eigenvalue weighted by Gasteiger charge is 2.12. The zero-order valence-electron chi connectivity index (χ0n) is 11.8. The van der Waals surface area contributed by atoms with Crippen LogP contribution in [0.2, 0.25) is 0 Å². The van der Waals surface area contributed by atoms with E-state index in [0.29, 0.717) is 17.7 Å². The first-order valence-corrected chi connectivity index (χ1v) is 6.90. The fourth-order valence-corrected chi connectivity index (χ4v) is 1.98. The van der Waals surface area contributed by atoms with E-state index in [1.807, 2.05) is 6.92 Å². The summed E-state index contributed by atoms with van der Waals surface area (Å²) < 4.78 is 30.5. The Morgan fingerprint density at radius 2 is 1.38 bits per heavy atom. The first-order chi connectivity index (χ1) is 10.1. The van der Waals surface area contributed by atoms with Crippen LogP contribution >= 0.6 is 0 Å². The number of alkyl halides is 2. The largest absolute Gasteiger partial charge is 0.494 e. The van der Waals surface area contributed by atoms with Gasteiger partial charge in [0, 0.05) is 5.56 Å². The lowest BCUT2D eigenvalue weighted by molar-refractivity contribution is 0.151. The number of halogens is 2. The average Bonchev–Trinajstić information content (AvgIpc) is 2.53. The molecule has 0 amide bonds. The van der Waals surface area contributed by atoms with Gasteiger partial charge < -0.3 is 9.84 Å². The number of aliphatic hydroxyl groups is 1. The molecule has 112 valence electrons. The van der Waals surface area contributed by atoms with E-state index in [-0.39, 0.29) is 5.56 Å². The fraction of sp³-hybridized carbons (Fsp3) is 0.294. The Morgan fingerprint density at radius 3 is 1.86 bits per heavy atom. The molecule has 21 heavy (non-hydrogen) atoms. The van der Waals surface area contributed by atoms with Crippen molar-refractivity contribution in [3.8, 4) is 5.75 Å². The molecular formula is C17H18F2O2. The predicted molar refractivity (Wildman–Crippen MR) is 77.7 cm³/mol. The van der Waals surface area contributed by atoms with Gasteiger partial charge in [-0.2, -0.15) is 0 Å². The summed E-state index contributed by atoms with van der Waals surface area (Å²) in [5.74, 6) is 0.751. The van der Waals surface area contributed by atoms with Gasteiger partial charge in [-0.15, -0.1) is 0 Å². The molecule has 1 atom stereocenters. The third kappa shape index (κ3) is 4.02. The molecule has 0 aliphatic heterocycles. The summed E-state index contributed by atoms with van der Waals surface area (Å²) in [4.78, 5) is 0. The van der Waals surface area contributed by atoms with Crippen molar-refractivity contribution in [1.82, 2.24) is 0 Å². The van der Waals surface area contributed by atoms with Crippen molar-refractivity contribution in [1.29, 1.82) is 0 Å². The van der Waals surface area contributed by atoms with Crippen molar-refractivity contribution < 1.29 is 18.6 Å². The number of aliphatic hydroxyl groups excluding tert-OH is 1. The molecule has 0 radical (unpaired) electrons. The number of ether oxygens (including phenoxy) is 1. The van der Waals surface area contributed by atoms with Crippen molar-refractivity contribution in [2.45, 2.75) is 25.9 Å². The number of rotatable bonds is 6. The zero-order valence-corrected chi connectivity index (χ0v) is 11.8. The molecule has 2 nitrogen and oxygen atoms in total. The van der Waals surface area contributed by atoms with E-state index in [0.717, 1.165) is 12.2 Å². The zero-order chi connectivity index (χ0) is 15.2. The highest BCUT2D eigenvalue weighted by atomic mass is 19.3. The van der Waals surface area contributed by atoms with E-state index in [1.54, 1.807) is 24.3 Å². The van der Waals surface area contributed by atoms with Crippen LogP contribution < -0.4 is 4.74 Å². The summed E-state index contributed by atoms with van der Waals surface area (Å²) in [6.07, 6.45) is -2.40. The van der Waals surface area contributed by atoms with Crippen molar-refractivity contribution in [2.75, 3.05) is 6.61 Å². The highest BCUT2D eigenvalue weighted by Crippen LogP contribution is 2.26. The molecule has 2 rings (SSSR count). The van der Waals surface area contributed by atoms with E-state index in [9.17, 15) is 13.9 Å². The Kier molecular flexibility index (Phi) is 5.28. The molecule has 1 N–H and O–H groups in total. The fourth-order valence-electron chi connectivity index (χ4n) is 1.98. The molecule has 0 aromatic heterocycles. The van der Waals surface area contributed by atoms with Gasteiger partial charge in [-0.3, -0.25) is 0 Å². The van der Waals surface area contributed by atoms with E-state index in [4.69, 9.17) is 4.74 Å². The molecule has 2 aromatic carbocycles. The van der Waals surface area contributed by atoms with Crippen LogP contribution in [0.1, 0.15) is 42.6 Å². The quantitative estimate of drug-likeness (QED) is 0.849. The Hall–Kier alpha value is -1.94. The molecule has 0 aliphatic carbocycles. The Morgan fingerprint density at radius 1 is 0.905 bits per heavy atom. The third-order valence-corrected chi connectivity index (χ3v) is 3.17. The van der Waals surface area contributed by atoms with Gasteiger partial charge in [-0.25, -0.2) is 8.78 Å². The summed E-state index contributed by atoms with van der Waals surface area (Å²) in [6, 6.07) is 12.8. The maximum absolute atomic E-state index is 12.5. The summed E-state index contributed by atoms with van der Waals surface area (Å²) in [5, 5.41) is 10.3. The van der Waals surface area contributed by atoms with Crippen LogP contribution in [-0.2, 0) is 0 Å². The smallest absolute Gasteiger partial charge is 0.263 e. The maximum atomic E-state index is 12.5. The van der Waals surface area contributed by atoms with Crippen LogP contribution in [0.25, 0.3) is 0 Å². The molecule has 2 aromatic rings. The molecule has 1 unspecified atom stereocenters. The Labute approximate surface area is 123 Å². The minimum absolute atomic E-state index is 0.0470. The van der Waals surface area contributed by atoms with Gasteiger partial charge in [0.1, 0.15) is 11.9 Å². The van der Waals surface area contributed by atoms with Crippen LogP contribution in [0.4, 0.5) is 8.78 Å². The van der Waals surface area contributed by atoms with E-state index in [1.165, 1.54) is 24.3 Å².